The second-order valence-corrected chi connectivity index (χ2v) is 6.42. The Kier molecular flexibility index (Phi) is 3.10. The highest BCUT2D eigenvalue weighted by molar-refractivity contribution is 7.16. The van der Waals surface area contributed by atoms with Gasteiger partial charge in [0.15, 0.2) is 5.52 Å². The van der Waals surface area contributed by atoms with Crippen LogP contribution in [0.2, 0.25) is 0 Å². The number of fused-ring (bicyclic) bond motifs is 1. The maximum absolute atomic E-state index is 11.5. The van der Waals surface area contributed by atoms with Gasteiger partial charge in [0.1, 0.15) is 5.69 Å². The van der Waals surface area contributed by atoms with Gasteiger partial charge in [0.25, 0.3) is 0 Å². The second-order valence-electron chi connectivity index (χ2n) is 5.53. The molecule has 1 fully saturated rings. The molecule has 3 rings (SSSR count). The molecule has 0 aliphatic carbocycles. The molecule has 0 spiro atoms. The summed E-state index contributed by atoms with van der Waals surface area (Å²) in [5.74, 6) is 0. The number of anilines is 1. The molecular weight excluding hydrogens is 276 g/mol. The smallest absolute Gasteiger partial charge is 0.319 e. The van der Waals surface area contributed by atoms with E-state index in [4.69, 9.17) is 0 Å². The molecule has 1 aliphatic heterocycles. The summed E-state index contributed by atoms with van der Waals surface area (Å²) in [4.78, 5) is 17.5. The van der Waals surface area contributed by atoms with Crippen molar-refractivity contribution in [3.8, 4) is 0 Å². The van der Waals surface area contributed by atoms with Crippen LogP contribution in [0.15, 0.2) is 17.6 Å². The Morgan fingerprint density at radius 3 is 3.00 bits per heavy atom. The fourth-order valence-electron chi connectivity index (χ4n) is 2.73. The maximum atomic E-state index is 11.5. The maximum Gasteiger partial charge on any atom is 0.319 e. The summed E-state index contributed by atoms with van der Waals surface area (Å²) in [7, 11) is 0. The molecule has 0 amide bonds. The van der Waals surface area contributed by atoms with Crippen molar-refractivity contribution in [3.05, 3.63) is 27.8 Å². The van der Waals surface area contributed by atoms with Crippen molar-refractivity contribution in [2.45, 2.75) is 19.4 Å². The lowest BCUT2D eigenvalue weighted by molar-refractivity contribution is -0.382. The summed E-state index contributed by atoms with van der Waals surface area (Å²) in [6.07, 6.45) is 0. The number of hydrogen-bond acceptors (Lipinski definition) is 6. The monoisotopic (exact) mass is 292 g/mol. The highest BCUT2D eigenvalue weighted by atomic mass is 32.1. The first kappa shape index (κ1) is 13.3. The summed E-state index contributed by atoms with van der Waals surface area (Å²) in [6, 6.07) is 3.78. The van der Waals surface area contributed by atoms with Crippen molar-refractivity contribution in [1.29, 1.82) is 0 Å². The first-order valence-electron chi connectivity index (χ1n) is 6.50. The molecule has 1 aliphatic rings. The van der Waals surface area contributed by atoms with E-state index in [2.05, 4.69) is 29.0 Å². The van der Waals surface area contributed by atoms with Crippen molar-refractivity contribution in [1.82, 2.24) is 10.3 Å². The van der Waals surface area contributed by atoms with Gasteiger partial charge in [-0.05, 0) is 26.0 Å². The average Bonchev–Trinajstić information content (AvgIpc) is 2.85. The lowest BCUT2D eigenvalue weighted by Crippen LogP contribution is -2.58. The van der Waals surface area contributed by atoms with Gasteiger partial charge in [-0.2, -0.15) is 0 Å². The predicted molar refractivity (Wildman–Crippen MR) is 80.6 cm³/mol. The van der Waals surface area contributed by atoms with Crippen LogP contribution in [0.3, 0.4) is 0 Å². The number of hydrogen-bond donors (Lipinski definition) is 1. The number of nitrogens with zero attached hydrogens (tertiary/aromatic N) is 3. The standard InChI is InChI=1S/C13H16N4O2S/c1-13(2)7-14-5-6-16(13)9-3-4-10-11(15-8-20-10)12(9)17(18)19/h3-4,8,14H,5-7H2,1-2H3. The zero-order valence-electron chi connectivity index (χ0n) is 11.4. The van der Waals surface area contributed by atoms with Crippen LogP contribution in [0.4, 0.5) is 11.4 Å². The van der Waals surface area contributed by atoms with E-state index in [0.29, 0.717) is 11.2 Å². The Hall–Kier alpha value is -1.73. The summed E-state index contributed by atoms with van der Waals surface area (Å²) in [6.45, 7) is 6.57. The van der Waals surface area contributed by atoms with Gasteiger partial charge in [0, 0.05) is 25.2 Å². The van der Waals surface area contributed by atoms with Crippen LogP contribution in [-0.2, 0) is 0 Å². The molecule has 2 heterocycles. The first-order chi connectivity index (χ1) is 9.50. The van der Waals surface area contributed by atoms with Crippen LogP contribution in [0, 0.1) is 10.1 Å². The number of piperazine rings is 1. The number of aromatic nitrogens is 1. The number of rotatable bonds is 2. The van der Waals surface area contributed by atoms with Gasteiger partial charge < -0.3 is 10.2 Å². The van der Waals surface area contributed by atoms with Crippen LogP contribution < -0.4 is 10.2 Å². The van der Waals surface area contributed by atoms with Gasteiger partial charge in [-0.15, -0.1) is 11.3 Å². The summed E-state index contributed by atoms with van der Waals surface area (Å²) < 4.78 is 0.855. The molecule has 1 aromatic carbocycles. The second kappa shape index (κ2) is 4.68. The van der Waals surface area contributed by atoms with E-state index in [1.165, 1.54) is 11.3 Å². The van der Waals surface area contributed by atoms with E-state index in [1.54, 1.807) is 5.51 Å². The Morgan fingerprint density at radius 2 is 2.30 bits per heavy atom. The molecular formula is C13H16N4O2S. The van der Waals surface area contributed by atoms with E-state index in [0.717, 1.165) is 24.3 Å². The normalized spacial score (nSPS) is 18.4. The summed E-state index contributed by atoms with van der Waals surface area (Å²) in [5.41, 5.74) is 2.78. The van der Waals surface area contributed by atoms with Gasteiger partial charge in [0.05, 0.1) is 15.1 Å². The quantitative estimate of drug-likeness (QED) is 0.679. The number of thiazole rings is 1. The fraction of sp³-hybridized carbons (Fsp3) is 0.462. The molecule has 1 N–H and O–H groups in total. The van der Waals surface area contributed by atoms with E-state index in [9.17, 15) is 10.1 Å². The zero-order valence-corrected chi connectivity index (χ0v) is 12.2. The number of nitro benzene ring substituents is 1. The Morgan fingerprint density at radius 1 is 1.50 bits per heavy atom. The van der Waals surface area contributed by atoms with Crippen LogP contribution in [0.1, 0.15) is 13.8 Å². The summed E-state index contributed by atoms with van der Waals surface area (Å²) in [5, 5.41) is 14.8. The molecule has 0 atom stereocenters. The summed E-state index contributed by atoms with van der Waals surface area (Å²) >= 11 is 1.43. The third-order valence-corrected chi connectivity index (χ3v) is 4.52. The van der Waals surface area contributed by atoms with Gasteiger partial charge >= 0.3 is 5.69 Å². The lowest BCUT2D eigenvalue weighted by atomic mass is 9.98. The predicted octanol–water partition coefficient (Wildman–Crippen LogP) is 2.39. The fourth-order valence-corrected chi connectivity index (χ4v) is 3.41. The Bertz CT molecular complexity index is 667. The van der Waals surface area contributed by atoms with Gasteiger partial charge in [-0.3, -0.25) is 10.1 Å². The third kappa shape index (κ3) is 2.03. The van der Waals surface area contributed by atoms with E-state index in [-0.39, 0.29) is 16.1 Å². The molecule has 1 saturated heterocycles. The molecule has 0 unspecified atom stereocenters. The highest BCUT2D eigenvalue weighted by Gasteiger charge is 2.35. The van der Waals surface area contributed by atoms with E-state index in [1.807, 2.05) is 12.1 Å². The first-order valence-corrected chi connectivity index (χ1v) is 7.37. The van der Waals surface area contributed by atoms with Crippen LogP contribution in [0.5, 0.6) is 0 Å². The van der Waals surface area contributed by atoms with E-state index >= 15 is 0 Å². The largest absolute Gasteiger partial charge is 0.358 e. The lowest BCUT2D eigenvalue weighted by Gasteiger charge is -2.44. The van der Waals surface area contributed by atoms with Crippen molar-refractivity contribution < 1.29 is 4.92 Å². The zero-order chi connectivity index (χ0) is 14.3. The molecule has 106 valence electrons. The van der Waals surface area contributed by atoms with Crippen LogP contribution in [-0.4, -0.2) is 35.1 Å². The molecule has 6 nitrogen and oxygen atoms in total. The SMILES string of the molecule is CC1(C)CNCCN1c1ccc2scnc2c1[N+](=O)[O-]. The van der Waals surface area contributed by atoms with E-state index < -0.39 is 0 Å². The Labute approximate surface area is 120 Å². The van der Waals surface area contributed by atoms with Crippen LogP contribution in [0.25, 0.3) is 10.2 Å². The molecule has 7 heteroatoms. The molecule has 0 radical (unpaired) electrons. The molecule has 0 saturated carbocycles. The van der Waals surface area contributed by atoms with Crippen molar-refractivity contribution in [3.63, 3.8) is 0 Å². The van der Waals surface area contributed by atoms with Crippen LogP contribution >= 0.6 is 11.3 Å². The molecule has 1 aromatic heterocycles. The number of nitro groups is 1. The molecule has 2 aromatic rings. The number of nitrogens with one attached hydrogen (secondary N) is 1. The minimum Gasteiger partial charge on any atom is -0.358 e. The van der Waals surface area contributed by atoms with Gasteiger partial charge in [-0.1, -0.05) is 0 Å². The van der Waals surface area contributed by atoms with Crippen molar-refractivity contribution >= 4 is 32.9 Å². The highest BCUT2D eigenvalue weighted by Crippen LogP contribution is 2.39. The minimum atomic E-state index is -0.310. The Balaban J connectivity index is 2.19. The third-order valence-electron chi connectivity index (χ3n) is 3.73. The van der Waals surface area contributed by atoms with Gasteiger partial charge in [0.2, 0.25) is 0 Å². The molecule has 20 heavy (non-hydrogen) atoms. The molecule has 0 bridgehead atoms. The number of benzene rings is 1. The van der Waals surface area contributed by atoms with Gasteiger partial charge in [-0.25, -0.2) is 4.98 Å². The topological polar surface area (TPSA) is 71.3 Å². The van der Waals surface area contributed by atoms with Crippen molar-refractivity contribution in [2.24, 2.45) is 0 Å². The van der Waals surface area contributed by atoms with Crippen molar-refractivity contribution in [2.75, 3.05) is 24.5 Å². The average molecular weight is 292 g/mol. The minimum absolute atomic E-state index is 0.124.